The molecule has 0 aliphatic carbocycles. The van der Waals surface area contributed by atoms with Gasteiger partial charge in [0.15, 0.2) is 5.78 Å². The topological polar surface area (TPSA) is 75.6 Å². The molecule has 2 N–H and O–H groups in total. The van der Waals surface area contributed by atoms with E-state index in [4.69, 9.17) is 4.74 Å². The number of ether oxygens (including phenoxy) is 1. The molecule has 0 radical (unpaired) electrons. The van der Waals surface area contributed by atoms with Gasteiger partial charge in [0, 0.05) is 16.7 Å². The van der Waals surface area contributed by atoms with Crippen molar-refractivity contribution in [2.24, 2.45) is 0 Å². The van der Waals surface area contributed by atoms with Crippen molar-refractivity contribution in [1.29, 1.82) is 0 Å². The van der Waals surface area contributed by atoms with Crippen molar-refractivity contribution in [1.82, 2.24) is 5.32 Å². The van der Waals surface area contributed by atoms with E-state index in [0.717, 1.165) is 0 Å². The summed E-state index contributed by atoms with van der Waals surface area (Å²) in [6.07, 6.45) is -1.04. The second-order valence-electron chi connectivity index (χ2n) is 6.92. The molecule has 1 aliphatic heterocycles. The second kappa shape index (κ2) is 6.53. The van der Waals surface area contributed by atoms with E-state index in [1.54, 1.807) is 32.0 Å². The van der Waals surface area contributed by atoms with Gasteiger partial charge in [-0.2, -0.15) is 0 Å². The quantitative estimate of drug-likeness (QED) is 0.828. The number of Topliss-reactive ketones (excluding diaryl/α,β-unsaturated/α-hetero) is 1. The summed E-state index contributed by atoms with van der Waals surface area (Å²) in [4.78, 5) is 24.3. The van der Waals surface area contributed by atoms with Crippen LogP contribution < -0.4 is 10.1 Å². The molecular weight excluding hydrogens is 337 g/mol. The summed E-state index contributed by atoms with van der Waals surface area (Å²) >= 11 is 0. The Labute approximate surface area is 150 Å². The van der Waals surface area contributed by atoms with Crippen LogP contribution in [-0.2, 0) is 0 Å². The molecule has 6 heteroatoms. The van der Waals surface area contributed by atoms with E-state index in [9.17, 15) is 19.1 Å². The van der Waals surface area contributed by atoms with Crippen LogP contribution in [0.4, 0.5) is 4.39 Å². The molecule has 1 unspecified atom stereocenters. The fourth-order valence-corrected chi connectivity index (χ4v) is 3.00. The number of aliphatic hydroxyl groups excluding tert-OH is 1. The van der Waals surface area contributed by atoms with Gasteiger partial charge in [-0.15, -0.1) is 0 Å². The monoisotopic (exact) mass is 357 g/mol. The van der Waals surface area contributed by atoms with E-state index in [1.807, 2.05) is 0 Å². The number of amides is 1. The minimum Gasteiger partial charge on any atom is -0.485 e. The van der Waals surface area contributed by atoms with Crippen molar-refractivity contribution in [2.75, 3.05) is 0 Å². The van der Waals surface area contributed by atoms with Crippen molar-refractivity contribution in [2.45, 2.75) is 38.5 Å². The van der Waals surface area contributed by atoms with Crippen LogP contribution in [0.15, 0.2) is 42.5 Å². The molecule has 0 bridgehead atoms. The standard InChI is InChI=1S/C20H20FNO4/c1-11(23)13-6-9-16-15(10-13)17(18(24)20(2,3)26-16)22-19(25)12-4-7-14(21)8-5-12/h4-10,17-18,24H,1-3H3,(H,22,25)/t17-,18?/m0/s1. The van der Waals surface area contributed by atoms with Gasteiger partial charge in [-0.05, 0) is 63.2 Å². The van der Waals surface area contributed by atoms with Crippen molar-refractivity contribution in [3.8, 4) is 5.75 Å². The maximum absolute atomic E-state index is 13.1. The molecule has 2 aromatic carbocycles. The Hall–Kier alpha value is -2.73. The van der Waals surface area contributed by atoms with Crippen LogP contribution in [0.3, 0.4) is 0 Å². The fraction of sp³-hybridized carbons (Fsp3) is 0.300. The predicted molar refractivity (Wildman–Crippen MR) is 93.8 cm³/mol. The Balaban J connectivity index is 1.99. The van der Waals surface area contributed by atoms with Gasteiger partial charge >= 0.3 is 0 Å². The SMILES string of the molecule is CC(=O)c1ccc2c(c1)[C@H](NC(=O)c1ccc(F)cc1)C(O)C(C)(C)O2. The Morgan fingerprint density at radius 1 is 1.12 bits per heavy atom. The summed E-state index contributed by atoms with van der Waals surface area (Å²) in [7, 11) is 0. The summed E-state index contributed by atoms with van der Waals surface area (Å²) in [6.45, 7) is 4.88. The Bertz CT molecular complexity index is 861. The highest BCUT2D eigenvalue weighted by molar-refractivity contribution is 5.95. The average Bonchev–Trinajstić information content (AvgIpc) is 2.58. The summed E-state index contributed by atoms with van der Waals surface area (Å²) in [5, 5.41) is 13.5. The van der Waals surface area contributed by atoms with Crippen LogP contribution in [0, 0.1) is 5.82 Å². The minimum absolute atomic E-state index is 0.129. The zero-order chi connectivity index (χ0) is 19.1. The number of ketones is 1. The maximum atomic E-state index is 13.1. The molecule has 0 saturated heterocycles. The van der Waals surface area contributed by atoms with Crippen molar-refractivity contribution >= 4 is 11.7 Å². The van der Waals surface area contributed by atoms with E-state index in [-0.39, 0.29) is 11.3 Å². The number of fused-ring (bicyclic) bond motifs is 1. The van der Waals surface area contributed by atoms with Gasteiger partial charge in [0.1, 0.15) is 23.3 Å². The minimum atomic E-state index is -1.04. The zero-order valence-electron chi connectivity index (χ0n) is 14.7. The van der Waals surface area contributed by atoms with E-state index in [2.05, 4.69) is 5.32 Å². The van der Waals surface area contributed by atoms with Crippen molar-refractivity contribution < 1.29 is 23.8 Å². The van der Waals surface area contributed by atoms with Crippen LogP contribution in [0.5, 0.6) is 5.75 Å². The molecule has 0 spiro atoms. The van der Waals surface area contributed by atoms with E-state index in [0.29, 0.717) is 16.9 Å². The van der Waals surface area contributed by atoms with Crippen LogP contribution in [0.2, 0.25) is 0 Å². The van der Waals surface area contributed by atoms with Crippen LogP contribution >= 0.6 is 0 Å². The molecule has 2 aromatic rings. The lowest BCUT2D eigenvalue weighted by Gasteiger charge is -2.42. The maximum Gasteiger partial charge on any atom is 0.251 e. The number of nitrogens with one attached hydrogen (secondary N) is 1. The van der Waals surface area contributed by atoms with Crippen LogP contribution in [0.25, 0.3) is 0 Å². The molecule has 0 saturated carbocycles. The molecule has 0 fully saturated rings. The molecule has 2 atom stereocenters. The molecular formula is C20H20FNO4. The summed E-state index contributed by atoms with van der Waals surface area (Å²) in [6, 6.07) is 9.28. The Morgan fingerprint density at radius 2 is 1.73 bits per heavy atom. The van der Waals surface area contributed by atoms with E-state index >= 15 is 0 Å². The van der Waals surface area contributed by atoms with Crippen LogP contribution in [0.1, 0.15) is 53.1 Å². The summed E-state index contributed by atoms with van der Waals surface area (Å²) in [5.74, 6) is -0.526. The Kier molecular flexibility index (Phi) is 4.54. The third-order valence-electron chi connectivity index (χ3n) is 4.55. The third-order valence-corrected chi connectivity index (χ3v) is 4.55. The van der Waals surface area contributed by atoms with Gasteiger partial charge in [0.25, 0.3) is 5.91 Å². The first-order valence-corrected chi connectivity index (χ1v) is 8.27. The summed E-state index contributed by atoms with van der Waals surface area (Å²) < 4.78 is 18.9. The predicted octanol–water partition coefficient (Wildman–Crippen LogP) is 3.03. The number of carbonyl (C=O) groups excluding carboxylic acids is 2. The van der Waals surface area contributed by atoms with Crippen LogP contribution in [-0.4, -0.2) is 28.5 Å². The second-order valence-corrected chi connectivity index (χ2v) is 6.92. The number of halogens is 1. The summed E-state index contributed by atoms with van der Waals surface area (Å²) in [5.41, 5.74) is 0.318. The molecule has 1 heterocycles. The van der Waals surface area contributed by atoms with Crippen molar-refractivity contribution in [3.63, 3.8) is 0 Å². The molecule has 3 rings (SSSR count). The number of benzene rings is 2. The lowest BCUT2D eigenvalue weighted by atomic mass is 9.85. The molecule has 26 heavy (non-hydrogen) atoms. The molecule has 1 amide bonds. The van der Waals surface area contributed by atoms with Crippen molar-refractivity contribution in [3.05, 3.63) is 65.0 Å². The highest BCUT2D eigenvalue weighted by Crippen LogP contribution is 2.40. The number of aliphatic hydroxyl groups is 1. The Morgan fingerprint density at radius 3 is 2.35 bits per heavy atom. The van der Waals surface area contributed by atoms with Gasteiger partial charge in [-0.1, -0.05) is 0 Å². The highest BCUT2D eigenvalue weighted by Gasteiger charge is 2.43. The zero-order valence-corrected chi connectivity index (χ0v) is 14.7. The first kappa shape index (κ1) is 18.1. The van der Waals surface area contributed by atoms with Gasteiger partial charge in [0.2, 0.25) is 0 Å². The first-order chi connectivity index (χ1) is 12.2. The number of hydrogen-bond acceptors (Lipinski definition) is 4. The van der Waals surface area contributed by atoms with Gasteiger partial charge < -0.3 is 15.2 Å². The van der Waals surface area contributed by atoms with E-state index < -0.39 is 29.5 Å². The number of carbonyl (C=O) groups is 2. The fourth-order valence-electron chi connectivity index (χ4n) is 3.00. The van der Waals surface area contributed by atoms with Gasteiger partial charge in [-0.25, -0.2) is 4.39 Å². The lowest BCUT2D eigenvalue weighted by Crippen LogP contribution is -2.53. The lowest BCUT2D eigenvalue weighted by molar-refractivity contribution is -0.0627. The molecule has 5 nitrogen and oxygen atoms in total. The average molecular weight is 357 g/mol. The van der Waals surface area contributed by atoms with Gasteiger partial charge in [-0.3, -0.25) is 9.59 Å². The largest absolute Gasteiger partial charge is 0.485 e. The number of hydrogen-bond donors (Lipinski definition) is 2. The third kappa shape index (κ3) is 3.32. The normalized spacial score (nSPS) is 20.7. The molecule has 0 aromatic heterocycles. The highest BCUT2D eigenvalue weighted by atomic mass is 19.1. The number of rotatable bonds is 3. The first-order valence-electron chi connectivity index (χ1n) is 8.27. The molecule has 136 valence electrons. The smallest absolute Gasteiger partial charge is 0.251 e. The van der Waals surface area contributed by atoms with Gasteiger partial charge in [0.05, 0.1) is 6.04 Å². The van der Waals surface area contributed by atoms with E-state index in [1.165, 1.54) is 31.2 Å². The molecule has 1 aliphatic rings.